The largest absolute Gasteiger partial charge is 0.481 e. The lowest BCUT2D eigenvalue weighted by atomic mass is 9.77. The van der Waals surface area contributed by atoms with Gasteiger partial charge in [0.25, 0.3) is 0 Å². The minimum Gasteiger partial charge on any atom is -0.481 e. The van der Waals surface area contributed by atoms with Gasteiger partial charge in [0, 0.05) is 42.0 Å². The number of ether oxygens (including phenoxy) is 1. The van der Waals surface area contributed by atoms with Crippen LogP contribution in [0.15, 0.2) is 128 Å². The number of amides is 1. The Kier molecular flexibility index (Phi) is 6.91. The third kappa shape index (κ3) is 4.34. The molecule has 1 atom stereocenters. The Morgan fingerprint density at radius 2 is 1.46 bits per heavy atom. The van der Waals surface area contributed by atoms with Crippen molar-refractivity contribution >= 4 is 22.5 Å². The summed E-state index contributed by atoms with van der Waals surface area (Å²) in [6.45, 7) is 2.35. The zero-order chi connectivity index (χ0) is 31.1. The van der Waals surface area contributed by atoms with Crippen LogP contribution in [-0.2, 0) is 10.3 Å². The van der Waals surface area contributed by atoms with Crippen molar-refractivity contribution in [2.45, 2.75) is 18.4 Å². The molecule has 4 aromatic carbocycles. The number of fused-ring (bicyclic) bond motifs is 1. The summed E-state index contributed by atoms with van der Waals surface area (Å²) in [7, 11) is 1.62. The van der Waals surface area contributed by atoms with Crippen molar-refractivity contribution in [3.05, 3.63) is 144 Å². The Morgan fingerprint density at radius 3 is 2.00 bits per heavy atom. The number of hydrogen-bond acceptors (Lipinski definition) is 5. The first kappa shape index (κ1) is 28.2. The number of rotatable bonds is 7. The van der Waals surface area contributed by atoms with Crippen molar-refractivity contribution in [3.8, 4) is 17.1 Å². The molecule has 0 radical (unpaired) electrons. The maximum atomic E-state index is 13.9. The van der Waals surface area contributed by atoms with Crippen LogP contribution in [-0.4, -0.2) is 47.4 Å². The van der Waals surface area contributed by atoms with Crippen LogP contribution in [0.2, 0.25) is 0 Å². The van der Waals surface area contributed by atoms with Gasteiger partial charge in [-0.2, -0.15) is 5.10 Å². The number of nitrogens with zero attached hydrogens (tertiary/aromatic N) is 4. The average molecular weight is 606 g/mol. The van der Waals surface area contributed by atoms with Gasteiger partial charge in [-0.1, -0.05) is 91.0 Å². The summed E-state index contributed by atoms with van der Waals surface area (Å²) in [6.07, 6.45) is 3.57. The standard InChI is InChI=1S/C39H35N5O2/c1-46-35-20-17-28(26-41-35)36-33-25-32(43-24-22-38(37(43)45)21-23-40-27-38)18-19-34(33)44(42-36)39(29-11-5-2-6-12-29,30-13-7-3-8-14-30)31-15-9-4-10-16-31/h2-20,25-26,40H,21-24,27H2,1H3/t38-/m0/s1. The molecule has 46 heavy (non-hydrogen) atoms. The van der Waals surface area contributed by atoms with Crippen LogP contribution < -0.4 is 15.0 Å². The molecular weight excluding hydrogens is 570 g/mol. The Labute approximate surface area is 268 Å². The molecule has 0 bridgehead atoms. The highest BCUT2D eigenvalue weighted by Gasteiger charge is 2.49. The van der Waals surface area contributed by atoms with E-state index in [4.69, 9.17) is 9.84 Å². The van der Waals surface area contributed by atoms with Gasteiger partial charge in [-0.05, 0) is 60.3 Å². The van der Waals surface area contributed by atoms with Crippen molar-refractivity contribution < 1.29 is 9.53 Å². The third-order valence-corrected chi connectivity index (χ3v) is 9.84. The van der Waals surface area contributed by atoms with E-state index in [1.807, 2.05) is 41.4 Å². The molecule has 7 heteroatoms. The maximum absolute atomic E-state index is 13.9. The Bertz CT molecular complexity index is 1900. The number of carbonyl (C=O) groups is 1. The first-order valence-corrected chi connectivity index (χ1v) is 15.9. The van der Waals surface area contributed by atoms with Gasteiger partial charge in [0.05, 0.1) is 18.0 Å². The van der Waals surface area contributed by atoms with E-state index >= 15 is 0 Å². The van der Waals surface area contributed by atoms with Gasteiger partial charge in [0.1, 0.15) is 11.2 Å². The highest BCUT2D eigenvalue weighted by Crippen LogP contribution is 2.45. The molecule has 7 nitrogen and oxygen atoms in total. The van der Waals surface area contributed by atoms with Crippen LogP contribution in [0.4, 0.5) is 5.69 Å². The van der Waals surface area contributed by atoms with Crippen LogP contribution in [0.3, 0.4) is 0 Å². The third-order valence-electron chi connectivity index (χ3n) is 9.84. The molecule has 228 valence electrons. The Morgan fingerprint density at radius 1 is 0.804 bits per heavy atom. The lowest BCUT2D eigenvalue weighted by Crippen LogP contribution is -2.38. The minimum absolute atomic E-state index is 0.212. The lowest BCUT2D eigenvalue weighted by molar-refractivity contribution is -0.124. The summed E-state index contributed by atoms with van der Waals surface area (Å²) in [5.41, 5.74) is 5.68. The van der Waals surface area contributed by atoms with Crippen molar-refractivity contribution in [1.82, 2.24) is 20.1 Å². The van der Waals surface area contributed by atoms with E-state index in [0.29, 0.717) is 12.4 Å². The topological polar surface area (TPSA) is 72.3 Å². The van der Waals surface area contributed by atoms with E-state index in [2.05, 4.69) is 106 Å². The summed E-state index contributed by atoms with van der Waals surface area (Å²) >= 11 is 0. The summed E-state index contributed by atoms with van der Waals surface area (Å²) in [4.78, 5) is 20.4. The molecule has 2 aliphatic heterocycles. The second kappa shape index (κ2) is 11.3. The molecule has 1 N–H and O–H groups in total. The predicted octanol–water partition coefficient (Wildman–Crippen LogP) is 6.66. The number of pyridine rings is 1. The number of aromatic nitrogens is 3. The van der Waals surface area contributed by atoms with Crippen molar-refractivity contribution in [1.29, 1.82) is 0 Å². The normalized spacial score (nSPS) is 18.1. The van der Waals surface area contributed by atoms with Gasteiger partial charge in [0.2, 0.25) is 11.8 Å². The molecule has 0 saturated carbocycles. The lowest BCUT2D eigenvalue weighted by Gasteiger charge is -2.37. The van der Waals surface area contributed by atoms with E-state index in [1.54, 1.807) is 7.11 Å². The van der Waals surface area contributed by atoms with Crippen LogP contribution in [0.1, 0.15) is 29.5 Å². The molecule has 1 spiro atoms. The fraction of sp³-hybridized carbons (Fsp3) is 0.205. The number of carbonyl (C=O) groups excluding carboxylic acids is 1. The fourth-order valence-electron chi connectivity index (χ4n) is 7.50. The van der Waals surface area contributed by atoms with Crippen LogP contribution in [0.5, 0.6) is 5.88 Å². The van der Waals surface area contributed by atoms with Crippen LogP contribution >= 0.6 is 0 Å². The van der Waals surface area contributed by atoms with Gasteiger partial charge in [-0.3, -0.25) is 4.79 Å². The second-order valence-corrected chi connectivity index (χ2v) is 12.3. The molecule has 1 amide bonds. The van der Waals surface area contributed by atoms with Crippen LogP contribution in [0, 0.1) is 5.41 Å². The highest BCUT2D eigenvalue weighted by molar-refractivity contribution is 6.03. The SMILES string of the molecule is COc1ccc(-c2nn(C(c3ccccc3)(c3ccccc3)c3ccccc3)c3ccc(N4CC[C@]5(CCNC5)C4=O)cc23)cn1. The number of methoxy groups -OCH3 is 1. The van der Waals surface area contributed by atoms with Gasteiger partial charge in [-0.25, -0.2) is 9.67 Å². The summed E-state index contributed by atoms with van der Waals surface area (Å²) < 4.78 is 7.55. The Hall–Kier alpha value is -5.27. The average Bonchev–Trinajstić information content (AvgIpc) is 3.85. The molecule has 4 heterocycles. The monoisotopic (exact) mass is 605 g/mol. The second-order valence-electron chi connectivity index (χ2n) is 12.3. The first-order chi connectivity index (χ1) is 22.6. The van der Waals surface area contributed by atoms with E-state index in [1.165, 1.54) is 0 Å². The highest BCUT2D eigenvalue weighted by atomic mass is 16.5. The summed E-state index contributed by atoms with van der Waals surface area (Å²) in [5.74, 6) is 0.752. The maximum Gasteiger partial charge on any atom is 0.234 e. The minimum atomic E-state index is -0.801. The number of benzene rings is 4. The summed E-state index contributed by atoms with van der Waals surface area (Å²) in [6, 6.07) is 41.9. The van der Waals surface area contributed by atoms with E-state index in [0.717, 1.165) is 70.5 Å². The van der Waals surface area contributed by atoms with Crippen molar-refractivity contribution in [3.63, 3.8) is 0 Å². The van der Waals surface area contributed by atoms with Gasteiger partial charge < -0.3 is 15.0 Å². The molecule has 2 aromatic heterocycles. The van der Waals surface area contributed by atoms with Crippen molar-refractivity contribution in [2.24, 2.45) is 5.41 Å². The van der Waals surface area contributed by atoms with Gasteiger partial charge in [0.15, 0.2) is 0 Å². The van der Waals surface area contributed by atoms with Gasteiger partial charge >= 0.3 is 0 Å². The molecule has 8 rings (SSSR count). The summed E-state index contributed by atoms with van der Waals surface area (Å²) in [5, 5.41) is 9.87. The van der Waals surface area contributed by atoms with Crippen molar-refractivity contribution in [2.75, 3.05) is 31.6 Å². The van der Waals surface area contributed by atoms with Gasteiger partial charge in [-0.15, -0.1) is 0 Å². The fourth-order valence-corrected chi connectivity index (χ4v) is 7.50. The Balaban J connectivity index is 1.42. The molecule has 0 aliphatic carbocycles. The molecule has 0 unspecified atom stereocenters. The molecule has 2 saturated heterocycles. The number of nitrogens with one attached hydrogen (secondary N) is 1. The quantitative estimate of drug-likeness (QED) is 0.206. The van der Waals surface area contributed by atoms with E-state index < -0.39 is 5.54 Å². The zero-order valence-electron chi connectivity index (χ0n) is 25.8. The smallest absolute Gasteiger partial charge is 0.234 e. The van der Waals surface area contributed by atoms with E-state index in [-0.39, 0.29) is 11.3 Å². The van der Waals surface area contributed by atoms with E-state index in [9.17, 15) is 4.79 Å². The zero-order valence-corrected chi connectivity index (χ0v) is 25.8. The molecule has 6 aromatic rings. The molecular formula is C39H35N5O2. The predicted molar refractivity (Wildman–Crippen MR) is 181 cm³/mol. The number of anilines is 1. The molecule has 2 aliphatic rings. The van der Waals surface area contributed by atoms with Crippen LogP contribution in [0.25, 0.3) is 22.2 Å². The first-order valence-electron chi connectivity index (χ1n) is 15.9. The molecule has 2 fully saturated rings. The number of hydrogen-bond donors (Lipinski definition) is 1.